The molecule has 0 saturated heterocycles. The minimum atomic E-state index is -3.44. The van der Waals surface area contributed by atoms with Gasteiger partial charge in [0.25, 0.3) is 0 Å². The lowest BCUT2D eigenvalue weighted by atomic mass is 10.4. The Hall–Kier alpha value is -0.430. The lowest BCUT2D eigenvalue weighted by Crippen LogP contribution is -2.27. The van der Waals surface area contributed by atoms with Gasteiger partial charge in [-0.15, -0.1) is 0 Å². The SMILES string of the molecule is CCCCOCCNS(=O)(=O)c1cccc(Br)c1. The average molecular weight is 336 g/mol. The molecule has 6 heteroatoms. The molecular weight excluding hydrogens is 318 g/mol. The second kappa shape index (κ2) is 7.89. The summed E-state index contributed by atoms with van der Waals surface area (Å²) in [6, 6.07) is 6.61. The summed E-state index contributed by atoms with van der Waals surface area (Å²) in [6.07, 6.45) is 2.07. The van der Waals surface area contributed by atoms with Gasteiger partial charge in [-0.2, -0.15) is 0 Å². The Bertz CT molecular complexity index is 462. The van der Waals surface area contributed by atoms with E-state index in [2.05, 4.69) is 27.6 Å². The minimum Gasteiger partial charge on any atom is -0.380 e. The van der Waals surface area contributed by atoms with Crippen LogP contribution in [0.15, 0.2) is 33.6 Å². The van der Waals surface area contributed by atoms with E-state index in [1.54, 1.807) is 24.3 Å². The van der Waals surface area contributed by atoms with Crippen LogP contribution in [0.25, 0.3) is 0 Å². The lowest BCUT2D eigenvalue weighted by Gasteiger charge is -2.07. The fraction of sp³-hybridized carbons (Fsp3) is 0.500. The van der Waals surface area contributed by atoms with Crippen molar-refractivity contribution in [2.75, 3.05) is 19.8 Å². The molecule has 0 amide bonds. The lowest BCUT2D eigenvalue weighted by molar-refractivity contribution is 0.136. The van der Waals surface area contributed by atoms with Crippen LogP contribution < -0.4 is 4.72 Å². The number of rotatable bonds is 8. The zero-order valence-corrected chi connectivity index (χ0v) is 12.8. The van der Waals surface area contributed by atoms with Crippen molar-refractivity contribution in [1.29, 1.82) is 0 Å². The molecule has 0 saturated carbocycles. The number of sulfonamides is 1. The van der Waals surface area contributed by atoms with E-state index in [1.807, 2.05) is 0 Å². The summed E-state index contributed by atoms with van der Waals surface area (Å²) in [6.45, 7) is 3.44. The molecule has 102 valence electrons. The molecule has 0 atom stereocenters. The molecular formula is C12H18BrNO3S. The smallest absolute Gasteiger partial charge is 0.240 e. The van der Waals surface area contributed by atoms with Gasteiger partial charge in [0.2, 0.25) is 10.0 Å². The van der Waals surface area contributed by atoms with E-state index in [0.29, 0.717) is 19.8 Å². The summed E-state index contributed by atoms with van der Waals surface area (Å²) in [5.74, 6) is 0. The number of benzene rings is 1. The Morgan fingerprint density at radius 3 is 2.78 bits per heavy atom. The highest BCUT2D eigenvalue weighted by Crippen LogP contribution is 2.15. The van der Waals surface area contributed by atoms with Crippen LogP contribution in [0, 0.1) is 0 Å². The molecule has 1 aromatic rings. The van der Waals surface area contributed by atoms with Crippen LogP contribution in [0.5, 0.6) is 0 Å². The molecule has 0 aliphatic carbocycles. The Balaban J connectivity index is 2.41. The summed E-state index contributed by atoms with van der Waals surface area (Å²) < 4.78 is 32.3. The first-order chi connectivity index (χ1) is 8.56. The van der Waals surface area contributed by atoms with Gasteiger partial charge in [-0.25, -0.2) is 13.1 Å². The average Bonchev–Trinajstić information content (AvgIpc) is 2.33. The highest BCUT2D eigenvalue weighted by molar-refractivity contribution is 9.10. The zero-order chi connectivity index (χ0) is 13.4. The number of hydrogen-bond donors (Lipinski definition) is 1. The van der Waals surface area contributed by atoms with Gasteiger partial charge >= 0.3 is 0 Å². The van der Waals surface area contributed by atoms with Crippen LogP contribution in [0.3, 0.4) is 0 Å². The first kappa shape index (κ1) is 15.6. The molecule has 0 heterocycles. The maximum atomic E-state index is 11.9. The third-order valence-electron chi connectivity index (χ3n) is 2.29. The molecule has 0 aromatic heterocycles. The first-order valence-corrected chi connectivity index (χ1v) is 8.17. The maximum absolute atomic E-state index is 11.9. The number of unbranched alkanes of at least 4 members (excludes halogenated alkanes) is 1. The number of ether oxygens (including phenoxy) is 1. The van der Waals surface area contributed by atoms with Crippen molar-refractivity contribution in [2.45, 2.75) is 24.7 Å². The van der Waals surface area contributed by atoms with Gasteiger partial charge in [-0.1, -0.05) is 35.3 Å². The van der Waals surface area contributed by atoms with Gasteiger partial charge in [-0.05, 0) is 24.6 Å². The molecule has 1 N–H and O–H groups in total. The van der Waals surface area contributed by atoms with E-state index in [-0.39, 0.29) is 4.90 Å². The molecule has 0 bridgehead atoms. The maximum Gasteiger partial charge on any atom is 0.240 e. The monoisotopic (exact) mass is 335 g/mol. The van der Waals surface area contributed by atoms with Gasteiger partial charge < -0.3 is 4.74 Å². The van der Waals surface area contributed by atoms with Gasteiger partial charge in [0.15, 0.2) is 0 Å². The van der Waals surface area contributed by atoms with Crippen molar-refractivity contribution in [3.63, 3.8) is 0 Å². The third-order valence-corrected chi connectivity index (χ3v) is 4.24. The van der Waals surface area contributed by atoms with Crippen LogP contribution in [-0.2, 0) is 14.8 Å². The molecule has 1 rings (SSSR count). The zero-order valence-electron chi connectivity index (χ0n) is 10.4. The van der Waals surface area contributed by atoms with E-state index in [9.17, 15) is 8.42 Å². The normalized spacial score (nSPS) is 11.7. The summed E-state index contributed by atoms with van der Waals surface area (Å²) in [5, 5.41) is 0. The van der Waals surface area contributed by atoms with Gasteiger partial charge in [0, 0.05) is 17.6 Å². The van der Waals surface area contributed by atoms with Gasteiger partial charge in [-0.3, -0.25) is 0 Å². The summed E-state index contributed by atoms with van der Waals surface area (Å²) >= 11 is 3.25. The number of halogens is 1. The van der Waals surface area contributed by atoms with Crippen molar-refractivity contribution in [3.05, 3.63) is 28.7 Å². The number of hydrogen-bond acceptors (Lipinski definition) is 3. The van der Waals surface area contributed by atoms with Crippen molar-refractivity contribution in [3.8, 4) is 0 Å². The highest BCUT2D eigenvalue weighted by Gasteiger charge is 2.12. The molecule has 1 aromatic carbocycles. The molecule has 18 heavy (non-hydrogen) atoms. The van der Waals surface area contributed by atoms with Crippen molar-refractivity contribution in [1.82, 2.24) is 4.72 Å². The summed E-state index contributed by atoms with van der Waals surface area (Å²) in [5.41, 5.74) is 0. The van der Waals surface area contributed by atoms with Crippen molar-refractivity contribution < 1.29 is 13.2 Å². The van der Waals surface area contributed by atoms with Gasteiger partial charge in [0.05, 0.1) is 11.5 Å². The highest BCUT2D eigenvalue weighted by atomic mass is 79.9. The standard InChI is InChI=1S/C12H18BrNO3S/c1-2-3-8-17-9-7-14-18(15,16)12-6-4-5-11(13)10-12/h4-6,10,14H,2-3,7-9H2,1H3. The van der Waals surface area contributed by atoms with E-state index in [4.69, 9.17) is 4.74 Å². The van der Waals surface area contributed by atoms with E-state index < -0.39 is 10.0 Å². The van der Waals surface area contributed by atoms with E-state index in [0.717, 1.165) is 17.3 Å². The van der Waals surface area contributed by atoms with E-state index in [1.165, 1.54) is 0 Å². The minimum absolute atomic E-state index is 0.255. The van der Waals surface area contributed by atoms with Crippen LogP contribution in [0.4, 0.5) is 0 Å². The predicted molar refractivity (Wildman–Crippen MR) is 75.1 cm³/mol. The third kappa shape index (κ3) is 5.48. The quantitative estimate of drug-likeness (QED) is 0.743. The fourth-order valence-corrected chi connectivity index (χ4v) is 2.92. The van der Waals surface area contributed by atoms with E-state index >= 15 is 0 Å². The Labute approximate surface area is 117 Å². The predicted octanol–water partition coefficient (Wildman–Crippen LogP) is 2.54. The number of nitrogens with one attached hydrogen (secondary N) is 1. The second-order valence-corrected chi connectivity index (χ2v) is 6.50. The fourth-order valence-electron chi connectivity index (χ4n) is 1.31. The van der Waals surface area contributed by atoms with Crippen LogP contribution in [0.1, 0.15) is 19.8 Å². The molecule has 0 radical (unpaired) electrons. The van der Waals surface area contributed by atoms with Crippen molar-refractivity contribution in [2.24, 2.45) is 0 Å². The Morgan fingerprint density at radius 1 is 1.33 bits per heavy atom. The summed E-state index contributed by atoms with van der Waals surface area (Å²) in [4.78, 5) is 0.255. The second-order valence-electron chi connectivity index (χ2n) is 3.82. The first-order valence-electron chi connectivity index (χ1n) is 5.89. The Kier molecular flexibility index (Phi) is 6.85. The topological polar surface area (TPSA) is 55.4 Å². The van der Waals surface area contributed by atoms with Crippen LogP contribution in [0.2, 0.25) is 0 Å². The molecule has 0 aliphatic rings. The molecule has 0 spiro atoms. The molecule has 0 aliphatic heterocycles. The van der Waals surface area contributed by atoms with Crippen LogP contribution in [-0.4, -0.2) is 28.2 Å². The largest absolute Gasteiger partial charge is 0.380 e. The van der Waals surface area contributed by atoms with Crippen LogP contribution >= 0.6 is 15.9 Å². The molecule has 0 unspecified atom stereocenters. The van der Waals surface area contributed by atoms with Crippen molar-refractivity contribution >= 4 is 26.0 Å². The van der Waals surface area contributed by atoms with Gasteiger partial charge in [0.1, 0.15) is 0 Å². The molecule has 4 nitrogen and oxygen atoms in total. The Morgan fingerprint density at radius 2 is 2.11 bits per heavy atom. The molecule has 0 fully saturated rings. The summed E-state index contributed by atoms with van der Waals surface area (Å²) in [7, 11) is -3.44.